The van der Waals surface area contributed by atoms with Crippen LogP contribution in [0.3, 0.4) is 0 Å². The quantitative estimate of drug-likeness (QED) is 0.830. The Morgan fingerprint density at radius 3 is 2.22 bits per heavy atom. The highest BCUT2D eigenvalue weighted by Gasteiger charge is 2.19. The molecule has 0 radical (unpaired) electrons. The number of rotatable bonds is 6. The van der Waals surface area contributed by atoms with Gasteiger partial charge < -0.3 is 5.32 Å². The van der Waals surface area contributed by atoms with Crippen LogP contribution in [0.5, 0.6) is 0 Å². The molecule has 100 valence electrons. The Bertz CT molecular complexity index is 348. The Balaban J connectivity index is 1.72. The van der Waals surface area contributed by atoms with E-state index in [1.165, 1.54) is 17.7 Å². The summed E-state index contributed by atoms with van der Waals surface area (Å²) in [6.45, 7) is 12.6. The number of nitrogens with zero attached hydrogens (tertiary/aromatic N) is 1. The summed E-state index contributed by atoms with van der Waals surface area (Å²) in [5, 5.41) is 3.55. The van der Waals surface area contributed by atoms with Crippen molar-refractivity contribution in [3.05, 3.63) is 35.4 Å². The molecule has 0 spiro atoms. The molecule has 1 aliphatic heterocycles. The average molecular weight is 246 g/mol. The maximum absolute atomic E-state index is 3.55. The maximum atomic E-state index is 3.55. The lowest BCUT2D eigenvalue weighted by Gasteiger charge is -2.21. The van der Waals surface area contributed by atoms with Crippen LogP contribution < -0.4 is 5.32 Å². The molecular formula is C16H26N2. The average Bonchev–Trinajstić information content (AvgIpc) is 2.70. The Labute approximate surface area is 111 Å². The van der Waals surface area contributed by atoms with Crippen molar-refractivity contribution in [3.8, 4) is 0 Å². The lowest BCUT2D eigenvalue weighted by molar-refractivity contribution is 0.239. The molecule has 2 rings (SSSR count). The molecule has 0 saturated carbocycles. The molecule has 0 amide bonds. The summed E-state index contributed by atoms with van der Waals surface area (Å²) in [7, 11) is 0. The number of benzene rings is 1. The second kappa shape index (κ2) is 6.35. The van der Waals surface area contributed by atoms with Crippen molar-refractivity contribution in [1.29, 1.82) is 0 Å². The minimum atomic E-state index is 0.720. The third-order valence-corrected chi connectivity index (χ3v) is 3.52. The predicted octanol–water partition coefficient (Wildman–Crippen LogP) is 2.88. The van der Waals surface area contributed by atoms with E-state index in [2.05, 4.69) is 55.3 Å². The highest BCUT2D eigenvalue weighted by atomic mass is 15.1. The van der Waals surface area contributed by atoms with Gasteiger partial charge in [0.2, 0.25) is 0 Å². The van der Waals surface area contributed by atoms with Crippen molar-refractivity contribution in [2.45, 2.75) is 33.9 Å². The summed E-state index contributed by atoms with van der Waals surface area (Å²) in [5.41, 5.74) is 3.03. The van der Waals surface area contributed by atoms with Gasteiger partial charge in [-0.25, -0.2) is 0 Å². The van der Waals surface area contributed by atoms with Crippen LogP contribution in [-0.2, 0) is 13.1 Å². The highest BCUT2D eigenvalue weighted by Crippen LogP contribution is 2.22. The van der Waals surface area contributed by atoms with Crippen molar-refractivity contribution in [2.24, 2.45) is 11.8 Å². The van der Waals surface area contributed by atoms with E-state index in [1.54, 1.807) is 0 Å². The van der Waals surface area contributed by atoms with E-state index in [-0.39, 0.29) is 0 Å². The topological polar surface area (TPSA) is 15.3 Å². The van der Waals surface area contributed by atoms with Gasteiger partial charge in [-0.1, -0.05) is 45.0 Å². The second-order valence-corrected chi connectivity index (χ2v) is 6.10. The Morgan fingerprint density at radius 2 is 1.67 bits per heavy atom. The van der Waals surface area contributed by atoms with Gasteiger partial charge in [0.1, 0.15) is 0 Å². The fraction of sp³-hybridized carbons (Fsp3) is 0.625. The van der Waals surface area contributed by atoms with E-state index >= 15 is 0 Å². The number of hydrogen-bond donors (Lipinski definition) is 1. The smallest absolute Gasteiger partial charge is 0.0240 e. The summed E-state index contributed by atoms with van der Waals surface area (Å²) in [5.74, 6) is 1.46. The fourth-order valence-corrected chi connectivity index (χ4v) is 2.66. The van der Waals surface area contributed by atoms with Gasteiger partial charge in [-0.05, 0) is 36.1 Å². The van der Waals surface area contributed by atoms with Crippen LogP contribution in [0.4, 0.5) is 0 Å². The number of nitrogens with one attached hydrogen (secondary N) is 1. The van der Waals surface area contributed by atoms with Crippen LogP contribution in [0.25, 0.3) is 0 Å². The van der Waals surface area contributed by atoms with Crippen molar-refractivity contribution in [3.63, 3.8) is 0 Å². The van der Waals surface area contributed by atoms with E-state index in [0.29, 0.717) is 0 Å². The van der Waals surface area contributed by atoms with Crippen LogP contribution in [0.1, 0.15) is 31.9 Å². The molecule has 2 heteroatoms. The van der Waals surface area contributed by atoms with E-state index in [0.717, 1.165) is 38.0 Å². The van der Waals surface area contributed by atoms with Gasteiger partial charge in [-0.15, -0.1) is 0 Å². The molecule has 0 saturated heterocycles. The standard InChI is InChI=1S/C16H26N2/c1-13(2)8-17-9-14(3)10-18-11-15-6-4-5-7-16(15)12-18/h4-7,13-14,17H,8-12H2,1-3H3. The van der Waals surface area contributed by atoms with E-state index in [1.807, 2.05) is 0 Å². The number of hydrogen-bond acceptors (Lipinski definition) is 2. The van der Waals surface area contributed by atoms with Crippen LogP contribution in [0.2, 0.25) is 0 Å². The summed E-state index contributed by atoms with van der Waals surface area (Å²) >= 11 is 0. The van der Waals surface area contributed by atoms with E-state index in [9.17, 15) is 0 Å². The van der Waals surface area contributed by atoms with Gasteiger partial charge in [-0.2, -0.15) is 0 Å². The van der Waals surface area contributed by atoms with Crippen LogP contribution in [0, 0.1) is 11.8 Å². The predicted molar refractivity (Wildman–Crippen MR) is 77.4 cm³/mol. The minimum absolute atomic E-state index is 0.720. The largest absolute Gasteiger partial charge is 0.316 e. The number of fused-ring (bicyclic) bond motifs is 1. The summed E-state index contributed by atoms with van der Waals surface area (Å²) in [6.07, 6.45) is 0. The van der Waals surface area contributed by atoms with Gasteiger partial charge in [0.15, 0.2) is 0 Å². The molecule has 0 aliphatic carbocycles. The third-order valence-electron chi connectivity index (χ3n) is 3.52. The fourth-order valence-electron chi connectivity index (χ4n) is 2.66. The SMILES string of the molecule is CC(C)CNCC(C)CN1Cc2ccccc2C1. The maximum Gasteiger partial charge on any atom is 0.0240 e. The molecule has 2 nitrogen and oxygen atoms in total. The highest BCUT2D eigenvalue weighted by molar-refractivity contribution is 5.30. The third kappa shape index (κ3) is 3.82. The van der Waals surface area contributed by atoms with Crippen molar-refractivity contribution < 1.29 is 0 Å². The molecule has 0 fully saturated rings. The summed E-state index contributed by atoms with van der Waals surface area (Å²) < 4.78 is 0. The minimum Gasteiger partial charge on any atom is -0.316 e. The van der Waals surface area contributed by atoms with Crippen LogP contribution in [0.15, 0.2) is 24.3 Å². The molecule has 1 aromatic rings. The first kappa shape index (κ1) is 13.6. The first-order valence-electron chi connectivity index (χ1n) is 7.15. The molecule has 0 bridgehead atoms. The molecule has 1 aromatic carbocycles. The zero-order chi connectivity index (χ0) is 13.0. The van der Waals surface area contributed by atoms with E-state index in [4.69, 9.17) is 0 Å². The van der Waals surface area contributed by atoms with Gasteiger partial charge in [-0.3, -0.25) is 4.90 Å². The normalized spacial score (nSPS) is 17.1. The first-order chi connectivity index (χ1) is 8.65. The molecule has 1 N–H and O–H groups in total. The summed E-state index contributed by atoms with van der Waals surface area (Å²) in [6, 6.07) is 8.82. The lowest BCUT2D eigenvalue weighted by atomic mass is 10.1. The van der Waals surface area contributed by atoms with Crippen LogP contribution >= 0.6 is 0 Å². The van der Waals surface area contributed by atoms with Crippen molar-refractivity contribution in [1.82, 2.24) is 10.2 Å². The van der Waals surface area contributed by atoms with Gasteiger partial charge >= 0.3 is 0 Å². The Hall–Kier alpha value is -0.860. The molecule has 1 aliphatic rings. The Kier molecular flexibility index (Phi) is 4.79. The van der Waals surface area contributed by atoms with Gasteiger partial charge in [0.05, 0.1) is 0 Å². The Morgan fingerprint density at radius 1 is 1.06 bits per heavy atom. The first-order valence-corrected chi connectivity index (χ1v) is 7.15. The van der Waals surface area contributed by atoms with E-state index < -0.39 is 0 Å². The lowest BCUT2D eigenvalue weighted by Crippen LogP contribution is -2.32. The van der Waals surface area contributed by atoms with Crippen LogP contribution in [-0.4, -0.2) is 24.5 Å². The van der Waals surface area contributed by atoms with Crippen molar-refractivity contribution >= 4 is 0 Å². The zero-order valence-electron chi connectivity index (χ0n) is 11.9. The molecule has 1 atom stereocenters. The molecule has 18 heavy (non-hydrogen) atoms. The zero-order valence-corrected chi connectivity index (χ0v) is 11.9. The van der Waals surface area contributed by atoms with Crippen molar-refractivity contribution in [2.75, 3.05) is 19.6 Å². The molecular weight excluding hydrogens is 220 g/mol. The molecule has 1 unspecified atom stereocenters. The monoisotopic (exact) mass is 246 g/mol. The van der Waals surface area contributed by atoms with Gasteiger partial charge in [0, 0.05) is 19.6 Å². The summed E-state index contributed by atoms with van der Waals surface area (Å²) in [4.78, 5) is 2.56. The second-order valence-electron chi connectivity index (χ2n) is 6.10. The van der Waals surface area contributed by atoms with Gasteiger partial charge in [0.25, 0.3) is 0 Å². The molecule has 0 aromatic heterocycles. The molecule has 1 heterocycles.